The smallest absolute Gasteiger partial charge is 0.270 e. The maximum Gasteiger partial charge on any atom is 0.270 e. The number of carbonyl (C=O) groups excluding carboxylic acids is 1. The van der Waals surface area contributed by atoms with Gasteiger partial charge in [0.05, 0.1) is 5.69 Å². The van der Waals surface area contributed by atoms with Crippen molar-refractivity contribution in [2.75, 3.05) is 33.0 Å². The van der Waals surface area contributed by atoms with Gasteiger partial charge in [0.25, 0.3) is 5.91 Å². The Kier molecular flexibility index (Phi) is 4.11. The van der Waals surface area contributed by atoms with Crippen LogP contribution in [-0.4, -0.2) is 54.9 Å². The van der Waals surface area contributed by atoms with Crippen molar-refractivity contribution in [2.24, 2.45) is 0 Å². The minimum atomic E-state index is -0.0728. The average Bonchev–Trinajstić information content (AvgIpc) is 3.00. The Labute approximate surface area is 113 Å². The number of rotatable bonds is 4. The van der Waals surface area contributed by atoms with Crippen LogP contribution in [0, 0.1) is 0 Å². The van der Waals surface area contributed by atoms with Crippen molar-refractivity contribution in [3.8, 4) is 0 Å². The number of nitrogens with zero attached hydrogens (tertiary/aromatic N) is 2. The molecule has 0 bridgehead atoms. The fraction of sp³-hybridized carbons (Fsp3) is 0.615. The van der Waals surface area contributed by atoms with Crippen LogP contribution in [0.5, 0.6) is 0 Å². The summed E-state index contributed by atoms with van der Waals surface area (Å²) < 4.78 is 12.5. The second-order valence-electron chi connectivity index (χ2n) is 4.70. The van der Waals surface area contributed by atoms with Gasteiger partial charge in [-0.15, -0.1) is 0 Å². The third-order valence-corrected chi connectivity index (χ3v) is 3.59. The molecule has 2 rings (SSSR count). The number of aryl methyl sites for hydroxylation is 1. The topological polar surface area (TPSA) is 69.7 Å². The monoisotopic (exact) mass is 267 g/mol. The first-order valence-corrected chi connectivity index (χ1v) is 6.41. The second kappa shape index (κ2) is 5.63. The Balaban J connectivity index is 2.16. The summed E-state index contributed by atoms with van der Waals surface area (Å²) in [7, 11) is 3.27. The summed E-state index contributed by atoms with van der Waals surface area (Å²) in [5.41, 5.74) is 6.98. The molecule has 1 amide bonds. The zero-order chi connectivity index (χ0) is 14.0. The fourth-order valence-corrected chi connectivity index (χ4v) is 2.50. The number of ether oxygens (including phenoxy) is 2. The Morgan fingerprint density at radius 3 is 2.42 bits per heavy atom. The molecular formula is C13H21N3O3. The molecule has 2 heterocycles. The van der Waals surface area contributed by atoms with Crippen LogP contribution in [-0.2, 0) is 16.0 Å². The molecule has 1 aliphatic heterocycles. The van der Waals surface area contributed by atoms with Gasteiger partial charge in [-0.3, -0.25) is 4.79 Å². The first kappa shape index (κ1) is 13.9. The van der Waals surface area contributed by atoms with Crippen LogP contribution < -0.4 is 5.73 Å². The molecule has 0 aromatic carbocycles. The maximum absolute atomic E-state index is 12.5. The number of hydrogen-bond acceptors (Lipinski definition) is 4. The van der Waals surface area contributed by atoms with E-state index in [4.69, 9.17) is 15.2 Å². The Morgan fingerprint density at radius 1 is 1.37 bits per heavy atom. The number of nitrogens with two attached hydrogens (primary N) is 1. The third kappa shape index (κ3) is 2.59. The Hall–Kier alpha value is -1.53. The van der Waals surface area contributed by atoms with Gasteiger partial charge in [-0.2, -0.15) is 0 Å². The number of carbonyl (C=O) groups is 1. The number of nitrogen functional groups attached to an aromatic ring is 1. The van der Waals surface area contributed by atoms with Crippen LogP contribution in [0.1, 0.15) is 17.4 Å². The lowest BCUT2D eigenvalue weighted by Gasteiger charge is -2.16. The van der Waals surface area contributed by atoms with Gasteiger partial charge in [0.2, 0.25) is 0 Å². The molecule has 1 saturated heterocycles. The summed E-state index contributed by atoms with van der Waals surface area (Å²) in [6.07, 6.45) is 1.64. The molecule has 1 fully saturated rings. The lowest BCUT2D eigenvalue weighted by atomic mass is 10.3. The summed E-state index contributed by atoms with van der Waals surface area (Å²) in [6.45, 7) is 3.79. The number of aromatic nitrogens is 1. The lowest BCUT2D eigenvalue weighted by molar-refractivity contribution is -0.00461. The van der Waals surface area contributed by atoms with Gasteiger partial charge >= 0.3 is 0 Å². The molecule has 0 saturated carbocycles. The van der Waals surface area contributed by atoms with Crippen molar-refractivity contribution in [1.29, 1.82) is 0 Å². The SMILES string of the molecule is CCn1cc(N)cc1C(=O)N1CC(OC)C(OC)C1. The third-order valence-electron chi connectivity index (χ3n) is 3.59. The van der Waals surface area contributed by atoms with E-state index in [1.807, 2.05) is 11.5 Å². The molecule has 1 aliphatic rings. The van der Waals surface area contributed by atoms with Crippen molar-refractivity contribution in [1.82, 2.24) is 9.47 Å². The van der Waals surface area contributed by atoms with Crippen LogP contribution in [0.25, 0.3) is 0 Å². The van der Waals surface area contributed by atoms with Crippen LogP contribution in [0.15, 0.2) is 12.3 Å². The van der Waals surface area contributed by atoms with Gasteiger partial charge < -0.3 is 24.7 Å². The molecule has 1 aromatic rings. The highest BCUT2D eigenvalue weighted by Crippen LogP contribution is 2.20. The number of amides is 1. The first-order valence-electron chi connectivity index (χ1n) is 6.41. The van der Waals surface area contributed by atoms with Crippen LogP contribution in [0.4, 0.5) is 5.69 Å². The first-order chi connectivity index (χ1) is 9.10. The minimum absolute atomic E-state index is 0.0276. The average molecular weight is 267 g/mol. The van der Waals surface area contributed by atoms with Gasteiger partial charge in [-0.25, -0.2) is 0 Å². The molecule has 19 heavy (non-hydrogen) atoms. The van der Waals surface area contributed by atoms with Gasteiger partial charge in [-0.1, -0.05) is 0 Å². The van der Waals surface area contributed by atoms with Crippen molar-refractivity contribution >= 4 is 11.6 Å². The zero-order valence-corrected chi connectivity index (χ0v) is 11.6. The van der Waals surface area contributed by atoms with Crippen molar-refractivity contribution in [3.63, 3.8) is 0 Å². The Morgan fingerprint density at radius 2 is 1.95 bits per heavy atom. The van der Waals surface area contributed by atoms with Gasteiger partial charge in [-0.05, 0) is 13.0 Å². The van der Waals surface area contributed by atoms with E-state index >= 15 is 0 Å². The van der Waals surface area contributed by atoms with E-state index in [-0.39, 0.29) is 18.1 Å². The van der Waals surface area contributed by atoms with E-state index in [0.29, 0.717) is 31.0 Å². The van der Waals surface area contributed by atoms with E-state index in [9.17, 15) is 4.79 Å². The number of methoxy groups -OCH3 is 2. The van der Waals surface area contributed by atoms with E-state index in [1.165, 1.54) is 0 Å². The molecule has 1 aromatic heterocycles. The molecule has 6 heteroatoms. The summed E-state index contributed by atoms with van der Waals surface area (Å²) in [5, 5.41) is 0. The van der Waals surface area contributed by atoms with Crippen LogP contribution in [0.2, 0.25) is 0 Å². The molecule has 0 spiro atoms. The number of hydrogen-bond donors (Lipinski definition) is 1. The quantitative estimate of drug-likeness (QED) is 0.866. The zero-order valence-electron chi connectivity index (χ0n) is 11.6. The largest absolute Gasteiger partial charge is 0.397 e. The maximum atomic E-state index is 12.5. The van der Waals surface area contributed by atoms with Crippen molar-refractivity contribution in [2.45, 2.75) is 25.7 Å². The van der Waals surface area contributed by atoms with Crippen molar-refractivity contribution in [3.05, 3.63) is 18.0 Å². The standard InChI is InChI=1S/C13H21N3O3/c1-4-15-6-9(14)5-10(15)13(17)16-7-11(18-2)12(8-16)19-3/h5-6,11-12H,4,7-8,14H2,1-3H3. The summed E-state index contributed by atoms with van der Waals surface area (Å²) in [6, 6.07) is 1.72. The molecule has 106 valence electrons. The van der Waals surface area contributed by atoms with Gasteiger partial charge in [0, 0.05) is 40.1 Å². The number of anilines is 1. The summed E-state index contributed by atoms with van der Waals surface area (Å²) in [5.74, 6) is -0.0276. The van der Waals surface area contributed by atoms with Gasteiger partial charge in [0.1, 0.15) is 17.9 Å². The molecule has 2 unspecified atom stereocenters. The highest BCUT2D eigenvalue weighted by atomic mass is 16.5. The predicted molar refractivity (Wildman–Crippen MR) is 72.0 cm³/mol. The normalized spacial score (nSPS) is 23.0. The molecule has 6 nitrogen and oxygen atoms in total. The summed E-state index contributed by atoms with van der Waals surface area (Å²) in [4.78, 5) is 14.3. The predicted octanol–water partition coefficient (Wildman–Crippen LogP) is 0.576. The van der Waals surface area contributed by atoms with Crippen LogP contribution >= 0.6 is 0 Å². The number of likely N-dealkylation sites (tertiary alicyclic amines) is 1. The van der Waals surface area contributed by atoms with E-state index in [2.05, 4.69) is 0 Å². The van der Waals surface area contributed by atoms with E-state index in [0.717, 1.165) is 0 Å². The molecule has 2 N–H and O–H groups in total. The fourth-order valence-electron chi connectivity index (χ4n) is 2.50. The van der Waals surface area contributed by atoms with E-state index < -0.39 is 0 Å². The molecule has 0 radical (unpaired) electrons. The second-order valence-corrected chi connectivity index (χ2v) is 4.70. The molecular weight excluding hydrogens is 246 g/mol. The summed E-state index contributed by atoms with van der Waals surface area (Å²) >= 11 is 0. The van der Waals surface area contributed by atoms with Crippen LogP contribution in [0.3, 0.4) is 0 Å². The van der Waals surface area contributed by atoms with E-state index in [1.54, 1.807) is 31.4 Å². The molecule has 2 atom stereocenters. The highest BCUT2D eigenvalue weighted by molar-refractivity contribution is 5.94. The van der Waals surface area contributed by atoms with Crippen molar-refractivity contribution < 1.29 is 14.3 Å². The van der Waals surface area contributed by atoms with Gasteiger partial charge in [0.15, 0.2) is 0 Å². The lowest BCUT2D eigenvalue weighted by Crippen LogP contribution is -2.31. The molecule has 0 aliphatic carbocycles. The highest BCUT2D eigenvalue weighted by Gasteiger charge is 2.36. The minimum Gasteiger partial charge on any atom is -0.397 e. The Bertz CT molecular complexity index is 446.